The number of nitrogens with one attached hydrogen (secondary N) is 2. The molecule has 0 saturated carbocycles. The number of unbranched alkanes of at least 4 members (excludes halogenated alkanes) is 1. The number of rotatable bonds is 6. The van der Waals surface area contributed by atoms with Crippen molar-refractivity contribution in [2.45, 2.75) is 19.8 Å². The first-order valence-electron chi connectivity index (χ1n) is 5.91. The number of benzene rings is 1. The minimum atomic E-state index is -0.140. The number of hydrogen-bond acceptors (Lipinski definition) is 2. The van der Waals surface area contributed by atoms with Crippen LogP contribution in [0.5, 0.6) is 0 Å². The highest BCUT2D eigenvalue weighted by Gasteiger charge is 2.06. The molecule has 0 saturated heterocycles. The summed E-state index contributed by atoms with van der Waals surface area (Å²) in [5, 5.41) is 5.76. The number of alkyl halides is 1. The quantitative estimate of drug-likeness (QED) is 0.626. The van der Waals surface area contributed by atoms with Crippen molar-refractivity contribution in [2.24, 2.45) is 0 Å². The Bertz CT molecular complexity index is 421. The summed E-state index contributed by atoms with van der Waals surface area (Å²) in [7, 11) is 0. The van der Waals surface area contributed by atoms with Crippen LogP contribution in [0.1, 0.15) is 30.1 Å². The van der Waals surface area contributed by atoms with Gasteiger partial charge in [-0.25, -0.2) is 0 Å². The van der Waals surface area contributed by atoms with Crippen molar-refractivity contribution in [1.82, 2.24) is 5.32 Å². The Kier molecular flexibility index (Phi) is 6.43. The number of amides is 2. The van der Waals surface area contributed by atoms with Gasteiger partial charge in [-0.3, -0.25) is 9.59 Å². The van der Waals surface area contributed by atoms with E-state index in [-0.39, 0.29) is 17.1 Å². The van der Waals surface area contributed by atoms with E-state index >= 15 is 0 Å². The second-order valence-corrected chi connectivity index (χ2v) is 4.43. The van der Waals surface area contributed by atoms with Crippen molar-refractivity contribution in [3.8, 4) is 0 Å². The molecule has 98 valence electrons. The molecule has 0 spiro atoms. The van der Waals surface area contributed by atoms with E-state index in [1.165, 1.54) is 0 Å². The zero-order chi connectivity index (χ0) is 13.4. The first-order chi connectivity index (χ1) is 8.67. The van der Waals surface area contributed by atoms with Gasteiger partial charge >= 0.3 is 0 Å². The maximum Gasteiger partial charge on any atom is 0.251 e. The number of carbonyl (C=O) groups is 2. The van der Waals surface area contributed by atoms with E-state index < -0.39 is 0 Å². The maximum absolute atomic E-state index is 11.8. The molecule has 0 heterocycles. The molecule has 0 radical (unpaired) electrons. The van der Waals surface area contributed by atoms with Crippen LogP contribution < -0.4 is 10.6 Å². The zero-order valence-corrected chi connectivity index (χ0v) is 11.9. The number of carbonyl (C=O) groups excluding carboxylic acids is 2. The molecule has 0 aliphatic rings. The Labute approximate surface area is 115 Å². The highest BCUT2D eigenvalue weighted by Crippen LogP contribution is 2.10. The van der Waals surface area contributed by atoms with Crippen molar-refractivity contribution in [1.29, 1.82) is 0 Å². The Hall–Kier alpha value is -1.36. The summed E-state index contributed by atoms with van der Waals surface area (Å²) in [6, 6.07) is 6.90. The Morgan fingerprint density at radius 3 is 2.78 bits per heavy atom. The van der Waals surface area contributed by atoms with Crippen LogP contribution in [0, 0.1) is 0 Å². The largest absolute Gasteiger partial charge is 0.352 e. The van der Waals surface area contributed by atoms with Crippen molar-refractivity contribution < 1.29 is 9.59 Å². The lowest BCUT2D eigenvalue weighted by Crippen LogP contribution is -2.24. The van der Waals surface area contributed by atoms with E-state index in [0.717, 1.165) is 12.8 Å². The smallest absolute Gasteiger partial charge is 0.251 e. The molecule has 1 rings (SSSR count). The molecule has 1 aromatic carbocycles. The van der Waals surface area contributed by atoms with Crippen LogP contribution in [0.15, 0.2) is 24.3 Å². The van der Waals surface area contributed by atoms with Gasteiger partial charge in [0.15, 0.2) is 0 Å². The molecule has 0 aromatic heterocycles. The van der Waals surface area contributed by atoms with E-state index in [4.69, 9.17) is 0 Å². The molecule has 5 heteroatoms. The minimum Gasteiger partial charge on any atom is -0.352 e. The Morgan fingerprint density at radius 1 is 1.33 bits per heavy atom. The highest BCUT2D eigenvalue weighted by atomic mass is 79.9. The molecular weight excluding hydrogens is 296 g/mol. The normalized spacial score (nSPS) is 9.89. The lowest BCUT2D eigenvalue weighted by molar-refractivity contribution is -0.113. The zero-order valence-electron chi connectivity index (χ0n) is 10.3. The van der Waals surface area contributed by atoms with Gasteiger partial charge in [0.2, 0.25) is 5.91 Å². The number of halogens is 1. The Morgan fingerprint density at radius 2 is 2.11 bits per heavy atom. The molecule has 2 amide bonds. The highest BCUT2D eigenvalue weighted by molar-refractivity contribution is 9.09. The van der Waals surface area contributed by atoms with Gasteiger partial charge < -0.3 is 10.6 Å². The predicted molar refractivity (Wildman–Crippen MR) is 76.1 cm³/mol. The third-order valence-electron chi connectivity index (χ3n) is 2.35. The number of hydrogen-bond donors (Lipinski definition) is 2. The molecule has 0 bridgehead atoms. The molecule has 0 atom stereocenters. The monoisotopic (exact) mass is 312 g/mol. The fourth-order valence-corrected chi connectivity index (χ4v) is 1.55. The van der Waals surface area contributed by atoms with Gasteiger partial charge in [0.05, 0.1) is 5.33 Å². The van der Waals surface area contributed by atoms with E-state index in [9.17, 15) is 9.59 Å². The van der Waals surface area contributed by atoms with Crippen LogP contribution in [-0.2, 0) is 4.79 Å². The van der Waals surface area contributed by atoms with Gasteiger partial charge in [0.25, 0.3) is 5.91 Å². The van der Waals surface area contributed by atoms with Gasteiger partial charge in [0.1, 0.15) is 0 Å². The summed E-state index contributed by atoms with van der Waals surface area (Å²) in [4.78, 5) is 23.0. The molecular formula is C13H17BrN2O2. The van der Waals surface area contributed by atoms with Crippen molar-refractivity contribution in [2.75, 3.05) is 17.2 Å². The molecule has 2 N–H and O–H groups in total. The molecule has 1 aromatic rings. The van der Waals surface area contributed by atoms with Crippen molar-refractivity contribution in [3.05, 3.63) is 29.8 Å². The summed E-state index contributed by atoms with van der Waals surface area (Å²) in [5.41, 5.74) is 1.18. The summed E-state index contributed by atoms with van der Waals surface area (Å²) in [6.45, 7) is 2.75. The van der Waals surface area contributed by atoms with E-state index in [2.05, 4.69) is 33.5 Å². The third-order valence-corrected chi connectivity index (χ3v) is 2.86. The fourth-order valence-electron chi connectivity index (χ4n) is 1.41. The summed E-state index contributed by atoms with van der Waals surface area (Å²) in [5.74, 6) is -0.253. The van der Waals surface area contributed by atoms with Crippen LogP contribution in [-0.4, -0.2) is 23.7 Å². The Balaban J connectivity index is 2.63. The second-order valence-electron chi connectivity index (χ2n) is 3.87. The molecule has 0 aliphatic carbocycles. The summed E-state index contributed by atoms with van der Waals surface area (Å²) >= 11 is 3.07. The van der Waals surface area contributed by atoms with E-state index in [1.54, 1.807) is 24.3 Å². The molecule has 0 fully saturated rings. The lowest BCUT2D eigenvalue weighted by atomic mass is 10.2. The number of anilines is 1. The maximum atomic E-state index is 11.8. The first-order valence-corrected chi connectivity index (χ1v) is 7.03. The fraction of sp³-hybridized carbons (Fsp3) is 0.385. The van der Waals surface area contributed by atoms with Crippen molar-refractivity contribution in [3.63, 3.8) is 0 Å². The summed E-state index contributed by atoms with van der Waals surface area (Å²) < 4.78 is 0. The lowest BCUT2D eigenvalue weighted by Gasteiger charge is -2.07. The minimum absolute atomic E-state index is 0.113. The van der Waals surface area contributed by atoms with Gasteiger partial charge in [-0.05, 0) is 24.6 Å². The van der Waals surface area contributed by atoms with Crippen LogP contribution in [0.4, 0.5) is 5.69 Å². The van der Waals surface area contributed by atoms with Gasteiger partial charge in [0, 0.05) is 17.8 Å². The van der Waals surface area contributed by atoms with Crippen LogP contribution in [0.2, 0.25) is 0 Å². The SMILES string of the molecule is CCCCNC(=O)c1cccc(NC(=O)CBr)c1. The third kappa shape index (κ3) is 4.87. The topological polar surface area (TPSA) is 58.2 Å². The average Bonchev–Trinajstić information content (AvgIpc) is 2.39. The standard InChI is InChI=1S/C13H17BrN2O2/c1-2-3-7-15-13(18)10-5-4-6-11(8-10)16-12(17)9-14/h4-6,8H,2-3,7,9H2,1H3,(H,15,18)(H,16,17). The van der Waals surface area contributed by atoms with Gasteiger partial charge in [-0.2, -0.15) is 0 Å². The van der Waals surface area contributed by atoms with Crippen molar-refractivity contribution >= 4 is 33.4 Å². The van der Waals surface area contributed by atoms with Crippen LogP contribution >= 0.6 is 15.9 Å². The van der Waals surface area contributed by atoms with Gasteiger partial charge in [-0.1, -0.05) is 35.3 Å². The average molecular weight is 313 g/mol. The molecule has 0 unspecified atom stereocenters. The van der Waals surface area contributed by atoms with E-state index in [0.29, 0.717) is 17.8 Å². The van der Waals surface area contributed by atoms with Crippen LogP contribution in [0.25, 0.3) is 0 Å². The molecule has 18 heavy (non-hydrogen) atoms. The van der Waals surface area contributed by atoms with E-state index in [1.807, 2.05) is 0 Å². The van der Waals surface area contributed by atoms with Crippen LogP contribution in [0.3, 0.4) is 0 Å². The molecule has 0 aliphatic heterocycles. The predicted octanol–water partition coefficient (Wildman–Crippen LogP) is 2.55. The second kappa shape index (κ2) is 7.87. The molecule has 4 nitrogen and oxygen atoms in total. The summed E-state index contributed by atoms with van der Waals surface area (Å²) in [6.07, 6.45) is 2.01. The first kappa shape index (κ1) is 14.7. The van der Waals surface area contributed by atoms with Gasteiger partial charge in [-0.15, -0.1) is 0 Å².